The second kappa shape index (κ2) is 6.60. The van der Waals surface area contributed by atoms with Crippen molar-refractivity contribution >= 4 is 11.7 Å². The number of hydrogen-bond donors (Lipinski definition) is 1. The van der Waals surface area contributed by atoms with E-state index in [1.165, 1.54) is 6.07 Å². The number of halogens is 1. The van der Waals surface area contributed by atoms with Gasteiger partial charge in [-0.1, -0.05) is 12.1 Å². The molecule has 0 spiro atoms. The largest absolute Gasteiger partial charge is 0.325 e. The second-order valence-corrected chi connectivity index (χ2v) is 5.57. The van der Waals surface area contributed by atoms with Crippen LogP contribution in [0.25, 0.3) is 0 Å². The molecule has 5 nitrogen and oxygen atoms in total. The van der Waals surface area contributed by atoms with Crippen LogP contribution in [-0.2, 0) is 6.54 Å². The highest BCUT2D eigenvalue weighted by atomic mass is 19.1. The van der Waals surface area contributed by atoms with E-state index in [1.807, 2.05) is 16.9 Å². The molecule has 3 rings (SSSR count). The zero-order valence-corrected chi connectivity index (χ0v) is 12.3. The average Bonchev–Trinajstić information content (AvgIpc) is 3.03. The first-order valence-electron chi connectivity index (χ1n) is 7.50. The van der Waals surface area contributed by atoms with Gasteiger partial charge in [-0.15, -0.1) is 0 Å². The van der Waals surface area contributed by atoms with Crippen LogP contribution >= 0.6 is 0 Å². The number of aromatic nitrogens is 2. The molecule has 2 heterocycles. The summed E-state index contributed by atoms with van der Waals surface area (Å²) in [6.45, 7) is 2.26. The number of likely N-dealkylation sites (tertiary alicyclic amines) is 1. The van der Waals surface area contributed by atoms with Gasteiger partial charge in [0.1, 0.15) is 5.82 Å². The number of carbonyl (C=O) groups is 1. The van der Waals surface area contributed by atoms with Crippen LogP contribution in [0.1, 0.15) is 12.8 Å². The molecule has 0 aliphatic carbocycles. The van der Waals surface area contributed by atoms with Crippen LogP contribution in [0.5, 0.6) is 0 Å². The molecule has 0 saturated carbocycles. The molecule has 0 atom stereocenters. The van der Waals surface area contributed by atoms with E-state index in [2.05, 4.69) is 10.4 Å². The van der Waals surface area contributed by atoms with Crippen LogP contribution in [0.2, 0.25) is 0 Å². The Hall–Kier alpha value is -2.37. The zero-order valence-electron chi connectivity index (χ0n) is 12.3. The van der Waals surface area contributed by atoms with Gasteiger partial charge in [0.05, 0.1) is 5.69 Å². The molecular formula is C16H19FN4O. The monoisotopic (exact) mass is 302 g/mol. The highest BCUT2D eigenvalue weighted by Gasteiger charge is 2.23. The summed E-state index contributed by atoms with van der Waals surface area (Å²) in [6, 6.07) is 7.89. The molecule has 1 N–H and O–H groups in total. The van der Waals surface area contributed by atoms with Gasteiger partial charge in [0.15, 0.2) is 0 Å². The minimum atomic E-state index is -0.413. The Labute approximate surface area is 128 Å². The van der Waals surface area contributed by atoms with Crippen LogP contribution in [0, 0.1) is 11.7 Å². The Morgan fingerprint density at radius 1 is 1.27 bits per heavy atom. The van der Waals surface area contributed by atoms with Gasteiger partial charge in [-0.2, -0.15) is 5.10 Å². The molecule has 2 aromatic rings. The van der Waals surface area contributed by atoms with E-state index in [-0.39, 0.29) is 11.7 Å². The maximum atomic E-state index is 13.5. The molecule has 0 unspecified atom stereocenters. The molecule has 1 fully saturated rings. The quantitative estimate of drug-likeness (QED) is 0.947. The number of hydrogen-bond acceptors (Lipinski definition) is 2. The summed E-state index contributed by atoms with van der Waals surface area (Å²) in [7, 11) is 0. The Morgan fingerprint density at radius 2 is 2.05 bits per heavy atom. The molecule has 22 heavy (non-hydrogen) atoms. The minimum absolute atomic E-state index is 0.228. The first-order valence-corrected chi connectivity index (χ1v) is 7.50. The molecule has 1 aliphatic rings. The zero-order chi connectivity index (χ0) is 15.4. The van der Waals surface area contributed by atoms with Crippen molar-refractivity contribution < 1.29 is 9.18 Å². The van der Waals surface area contributed by atoms with Gasteiger partial charge in [0.2, 0.25) is 0 Å². The predicted octanol–water partition coefficient (Wildman–Crippen LogP) is 2.97. The van der Waals surface area contributed by atoms with Crippen LogP contribution in [-0.4, -0.2) is 33.8 Å². The molecular weight excluding hydrogens is 283 g/mol. The molecule has 2 amide bonds. The minimum Gasteiger partial charge on any atom is -0.325 e. The van der Waals surface area contributed by atoms with Crippen molar-refractivity contribution in [3.8, 4) is 0 Å². The van der Waals surface area contributed by atoms with E-state index in [0.717, 1.165) is 19.4 Å². The average molecular weight is 302 g/mol. The number of piperidine rings is 1. The number of carbonyl (C=O) groups excluding carboxylic acids is 1. The van der Waals surface area contributed by atoms with Gasteiger partial charge < -0.3 is 10.2 Å². The molecule has 1 aromatic carbocycles. The van der Waals surface area contributed by atoms with Crippen LogP contribution in [0.4, 0.5) is 14.9 Å². The van der Waals surface area contributed by atoms with E-state index in [9.17, 15) is 9.18 Å². The molecule has 1 aliphatic heterocycles. The SMILES string of the molecule is O=C(Nc1ccccc1F)N1CCC(Cn2cccn2)CC1. The maximum absolute atomic E-state index is 13.5. The van der Waals surface area contributed by atoms with Crippen molar-refractivity contribution in [3.63, 3.8) is 0 Å². The van der Waals surface area contributed by atoms with Crippen molar-refractivity contribution in [2.75, 3.05) is 18.4 Å². The van der Waals surface area contributed by atoms with Crippen molar-refractivity contribution in [3.05, 3.63) is 48.5 Å². The maximum Gasteiger partial charge on any atom is 0.321 e. The van der Waals surface area contributed by atoms with Gasteiger partial charge in [0, 0.05) is 32.0 Å². The van der Waals surface area contributed by atoms with Gasteiger partial charge >= 0.3 is 6.03 Å². The number of para-hydroxylation sites is 1. The summed E-state index contributed by atoms with van der Waals surface area (Å²) in [5, 5.41) is 6.85. The fraction of sp³-hybridized carbons (Fsp3) is 0.375. The van der Waals surface area contributed by atoms with Crippen LogP contribution in [0.3, 0.4) is 0 Å². The summed E-state index contributed by atoms with van der Waals surface area (Å²) in [5.74, 6) is 0.113. The molecule has 1 aromatic heterocycles. The summed E-state index contributed by atoms with van der Waals surface area (Å²) in [6.07, 6.45) is 5.60. The van der Waals surface area contributed by atoms with Crippen molar-refractivity contribution in [2.24, 2.45) is 5.92 Å². The first-order chi connectivity index (χ1) is 10.7. The van der Waals surface area contributed by atoms with Gasteiger partial charge in [-0.3, -0.25) is 4.68 Å². The predicted molar refractivity (Wildman–Crippen MR) is 81.9 cm³/mol. The Bertz CT molecular complexity index is 621. The smallest absolute Gasteiger partial charge is 0.321 e. The summed E-state index contributed by atoms with van der Waals surface area (Å²) in [4.78, 5) is 13.9. The lowest BCUT2D eigenvalue weighted by atomic mass is 9.97. The lowest BCUT2D eigenvalue weighted by molar-refractivity contribution is 0.175. The first kappa shape index (κ1) is 14.6. The highest BCUT2D eigenvalue weighted by Crippen LogP contribution is 2.20. The number of nitrogens with one attached hydrogen (secondary N) is 1. The molecule has 116 valence electrons. The Morgan fingerprint density at radius 3 is 2.73 bits per heavy atom. The van der Waals surface area contributed by atoms with Crippen molar-refractivity contribution in [1.82, 2.24) is 14.7 Å². The third-order valence-electron chi connectivity index (χ3n) is 4.02. The fourth-order valence-electron chi connectivity index (χ4n) is 2.75. The normalized spacial score (nSPS) is 15.8. The summed E-state index contributed by atoms with van der Waals surface area (Å²) >= 11 is 0. The third kappa shape index (κ3) is 3.44. The fourth-order valence-corrected chi connectivity index (χ4v) is 2.75. The summed E-state index contributed by atoms with van der Waals surface area (Å²) in [5.41, 5.74) is 0.228. The molecule has 0 bridgehead atoms. The molecule has 6 heteroatoms. The number of anilines is 1. The lowest BCUT2D eigenvalue weighted by Gasteiger charge is -2.32. The third-order valence-corrected chi connectivity index (χ3v) is 4.02. The van der Waals surface area contributed by atoms with E-state index in [1.54, 1.807) is 29.3 Å². The van der Waals surface area contributed by atoms with Crippen LogP contribution in [0.15, 0.2) is 42.7 Å². The topological polar surface area (TPSA) is 50.2 Å². The number of amides is 2. The van der Waals surface area contributed by atoms with Crippen molar-refractivity contribution in [1.29, 1.82) is 0 Å². The Balaban J connectivity index is 1.50. The van der Waals surface area contributed by atoms with E-state index >= 15 is 0 Å². The number of nitrogens with zero attached hydrogens (tertiary/aromatic N) is 3. The molecule has 1 saturated heterocycles. The lowest BCUT2D eigenvalue weighted by Crippen LogP contribution is -2.41. The van der Waals surface area contributed by atoms with Gasteiger partial charge in [-0.05, 0) is 37.0 Å². The number of rotatable bonds is 3. The van der Waals surface area contributed by atoms with Crippen LogP contribution < -0.4 is 5.32 Å². The van der Waals surface area contributed by atoms with E-state index in [0.29, 0.717) is 19.0 Å². The van der Waals surface area contributed by atoms with E-state index < -0.39 is 5.82 Å². The van der Waals surface area contributed by atoms with Gasteiger partial charge in [0.25, 0.3) is 0 Å². The summed E-state index contributed by atoms with van der Waals surface area (Å²) < 4.78 is 15.5. The van der Waals surface area contributed by atoms with Gasteiger partial charge in [-0.25, -0.2) is 9.18 Å². The van der Waals surface area contributed by atoms with E-state index in [4.69, 9.17) is 0 Å². The van der Waals surface area contributed by atoms with Crippen molar-refractivity contribution in [2.45, 2.75) is 19.4 Å². The highest BCUT2D eigenvalue weighted by molar-refractivity contribution is 5.89. The Kier molecular flexibility index (Phi) is 4.37. The molecule has 0 radical (unpaired) electrons. The number of benzene rings is 1. The second-order valence-electron chi connectivity index (χ2n) is 5.57. The standard InChI is InChI=1S/C16H19FN4O/c17-14-4-1-2-5-15(14)19-16(22)20-10-6-13(7-11-20)12-21-9-3-8-18-21/h1-5,8-9,13H,6-7,10-12H2,(H,19,22). The number of urea groups is 1.